The average molecular weight is 275 g/mol. The molecule has 0 amide bonds. The summed E-state index contributed by atoms with van der Waals surface area (Å²) in [5.74, 6) is 1.90. The topological polar surface area (TPSA) is 42.1 Å². The quantitative estimate of drug-likeness (QED) is 0.893. The first kappa shape index (κ1) is 15.3. The molecular weight excluding hydrogens is 246 g/mol. The molecule has 1 aromatic rings. The average Bonchev–Trinajstić information content (AvgIpc) is 2.64. The van der Waals surface area contributed by atoms with E-state index in [4.69, 9.17) is 5.73 Å². The third-order valence-electron chi connectivity index (χ3n) is 4.57. The van der Waals surface area contributed by atoms with Gasteiger partial charge in [-0.05, 0) is 55.2 Å². The Morgan fingerprint density at radius 1 is 1.30 bits per heavy atom. The lowest BCUT2D eigenvalue weighted by Crippen LogP contribution is -2.27. The molecule has 0 aliphatic carbocycles. The third-order valence-corrected chi connectivity index (χ3v) is 4.57. The van der Waals surface area contributed by atoms with Crippen LogP contribution in [-0.2, 0) is 0 Å². The molecule has 112 valence electrons. The molecule has 1 saturated heterocycles. The van der Waals surface area contributed by atoms with Crippen LogP contribution in [0.25, 0.3) is 0 Å². The summed E-state index contributed by atoms with van der Waals surface area (Å²) >= 11 is 0. The molecule has 1 fully saturated rings. The largest absolute Gasteiger partial charge is 0.357 e. The van der Waals surface area contributed by atoms with Crippen molar-refractivity contribution >= 4 is 5.82 Å². The fraction of sp³-hybridized carbons (Fsp3) is 0.706. The summed E-state index contributed by atoms with van der Waals surface area (Å²) in [6, 6.07) is 4.25. The van der Waals surface area contributed by atoms with Crippen molar-refractivity contribution in [1.82, 2.24) is 4.98 Å². The highest BCUT2D eigenvalue weighted by Gasteiger charge is 2.27. The summed E-state index contributed by atoms with van der Waals surface area (Å²) in [5, 5.41) is 0. The molecule has 0 aromatic carbocycles. The van der Waals surface area contributed by atoms with Gasteiger partial charge in [0.2, 0.25) is 0 Å². The maximum absolute atomic E-state index is 5.98. The second kappa shape index (κ2) is 6.13. The van der Waals surface area contributed by atoms with Gasteiger partial charge in [0.25, 0.3) is 0 Å². The van der Waals surface area contributed by atoms with Crippen molar-refractivity contribution in [3.63, 3.8) is 0 Å². The lowest BCUT2D eigenvalue weighted by atomic mass is 9.77. The SMILES string of the molecule is C[C@@H](N)c1ccnc(N2CCCC(C(C)(C)C)CC2)c1. The zero-order valence-corrected chi connectivity index (χ0v) is 13.4. The fourth-order valence-corrected chi connectivity index (χ4v) is 3.08. The minimum absolute atomic E-state index is 0.0750. The fourth-order valence-electron chi connectivity index (χ4n) is 3.08. The monoisotopic (exact) mass is 275 g/mol. The van der Waals surface area contributed by atoms with E-state index in [2.05, 4.69) is 36.7 Å². The predicted molar refractivity (Wildman–Crippen MR) is 85.8 cm³/mol. The van der Waals surface area contributed by atoms with Crippen LogP contribution in [0.15, 0.2) is 18.3 Å². The van der Waals surface area contributed by atoms with Crippen LogP contribution < -0.4 is 10.6 Å². The first-order chi connectivity index (χ1) is 9.38. The van der Waals surface area contributed by atoms with Crippen molar-refractivity contribution in [3.05, 3.63) is 23.9 Å². The predicted octanol–water partition coefficient (Wildman–Crippen LogP) is 3.75. The molecule has 20 heavy (non-hydrogen) atoms. The summed E-state index contributed by atoms with van der Waals surface area (Å²) in [5.41, 5.74) is 7.56. The minimum atomic E-state index is 0.0750. The van der Waals surface area contributed by atoms with Crippen LogP contribution in [0.5, 0.6) is 0 Å². The molecule has 2 N–H and O–H groups in total. The molecule has 0 spiro atoms. The van der Waals surface area contributed by atoms with Crippen LogP contribution in [0.4, 0.5) is 5.82 Å². The van der Waals surface area contributed by atoms with Crippen LogP contribution in [0.2, 0.25) is 0 Å². The zero-order valence-electron chi connectivity index (χ0n) is 13.4. The molecule has 1 unspecified atom stereocenters. The molecule has 1 aromatic heterocycles. The molecule has 0 saturated carbocycles. The molecule has 2 rings (SSSR count). The Morgan fingerprint density at radius 3 is 2.70 bits per heavy atom. The summed E-state index contributed by atoms with van der Waals surface area (Å²) in [4.78, 5) is 6.97. The van der Waals surface area contributed by atoms with E-state index >= 15 is 0 Å². The third kappa shape index (κ3) is 3.72. The van der Waals surface area contributed by atoms with Crippen LogP contribution in [0, 0.1) is 11.3 Å². The van der Waals surface area contributed by atoms with Crippen molar-refractivity contribution in [1.29, 1.82) is 0 Å². The first-order valence-electron chi connectivity index (χ1n) is 7.84. The van der Waals surface area contributed by atoms with Gasteiger partial charge in [-0.15, -0.1) is 0 Å². The summed E-state index contributed by atoms with van der Waals surface area (Å²) in [6.45, 7) is 11.3. The van der Waals surface area contributed by atoms with E-state index in [9.17, 15) is 0 Å². The van der Waals surface area contributed by atoms with Crippen LogP contribution >= 0.6 is 0 Å². The van der Waals surface area contributed by atoms with E-state index in [-0.39, 0.29) is 6.04 Å². The first-order valence-corrected chi connectivity index (χ1v) is 7.84. The van der Waals surface area contributed by atoms with Crippen molar-refractivity contribution in [3.8, 4) is 0 Å². The highest BCUT2D eigenvalue weighted by atomic mass is 15.2. The molecule has 1 aliphatic heterocycles. The molecular formula is C17H29N3. The Morgan fingerprint density at radius 2 is 2.05 bits per heavy atom. The molecule has 1 aliphatic rings. The van der Waals surface area contributed by atoms with Gasteiger partial charge in [0.05, 0.1) is 0 Å². The number of nitrogens with zero attached hydrogens (tertiary/aromatic N) is 2. The highest BCUT2D eigenvalue weighted by Crippen LogP contribution is 2.35. The van der Waals surface area contributed by atoms with E-state index < -0.39 is 0 Å². The minimum Gasteiger partial charge on any atom is -0.357 e. The Hall–Kier alpha value is -1.09. The van der Waals surface area contributed by atoms with E-state index in [1.807, 2.05) is 19.2 Å². The molecule has 3 nitrogen and oxygen atoms in total. The van der Waals surface area contributed by atoms with Crippen molar-refractivity contribution in [2.24, 2.45) is 17.1 Å². The van der Waals surface area contributed by atoms with Crippen molar-refractivity contribution in [2.75, 3.05) is 18.0 Å². The number of anilines is 1. The Balaban J connectivity index is 2.09. The van der Waals surface area contributed by atoms with E-state index in [1.54, 1.807) is 0 Å². The van der Waals surface area contributed by atoms with Crippen LogP contribution in [0.1, 0.15) is 58.6 Å². The summed E-state index contributed by atoms with van der Waals surface area (Å²) in [7, 11) is 0. The maximum atomic E-state index is 5.98. The van der Waals surface area contributed by atoms with Gasteiger partial charge in [-0.25, -0.2) is 4.98 Å². The number of hydrogen-bond donors (Lipinski definition) is 1. The van der Waals surface area contributed by atoms with E-state index in [1.165, 1.54) is 24.8 Å². The second-order valence-corrected chi connectivity index (χ2v) is 7.22. The van der Waals surface area contributed by atoms with Gasteiger partial charge in [0.15, 0.2) is 0 Å². The standard InChI is InChI=1S/C17H29N3/c1-13(18)14-7-9-19-16(12-14)20-10-5-6-15(8-11-20)17(2,3)4/h7,9,12-13,15H,5-6,8,10-11,18H2,1-4H3/t13-,15?/m1/s1. The van der Waals surface area contributed by atoms with E-state index in [0.717, 1.165) is 24.8 Å². The number of pyridine rings is 1. The summed E-state index contributed by atoms with van der Waals surface area (Å²) < 4.78 is 0. The number of nitrogens with two attached hydrogens (primary N) is 1. The lowest BCUT2D eigenvalue weighted by Gasteiger charge is -2.30. The van der Waals surface area contributed by atoms with Crippen LogP contribution in [-0.4, -0.2) is 18.1 Å². The Kier molecular flexibility index (Phi) is 4.69. The number of aromatic nitrogens is 1. The van der Waals surface area contributed by atoms with E-state index in [0.29, 0.717) is 5.41 Å². The maximum Gasteiger partial charge on any atom is 0.128 e. The van der Waals surface area contributed by atoms with Crippen molar-refractivity contribution in [2.45, 2.75) is 53.0 Å². The lowest BCUT2D eigenvalue weighted by molar-refractivity contribution is 0.220. The van der Waals surface area contributed by atoms with Gasteiger partial charge < -0.3 is 10.6 Å². The smallest absolute Gasteiger partial charge is 0.128 e. The molecule has 3 heteroatoms. The molecule has 2 heterocycles. The van der Waals surface area contributed by atoms with Gasteiger partial charge in [-0.3, -0.25) is 0 Å². The molecule has 0 radical (unpaired) electrons. The second-order valence-electron chi connectivity index (χ2n) is 7.22. The van der Waals surface area contributed by atoms with Crippen LogP contribution in [0.3, 0.4) is 0 Å². The van der Waals surface area contributed by atoms with Gasteiger partial charge >= 0.3 is 0 Å². The van der Waals surface area contributed by atoms with Gasteiger partial charge in [0, 0.05) is 25.3 Å². The summed E-state index contributed by atoms with van der Waals surface area (Å²) in [6.07, 6.45) is 5.73. The zero-order chi connectivity index (χ0) is 14.8. The normalized spacial score (nSPS) is 22.4. The molecule has 0 bridgehead atoms. The van der Waals surface area contributed by atoms with Gasteiger partial charge in [-0.1, -0.05) is 20.8 Å². The van der Waals surface area contributed by atoms with Crippen molar-refractivity contribution < 1.29 is 0 Å². The van der Waals surface area contributed by atoms with Gasteiger partial charge in [-0.2, -0.15) is 0 Å². The molecule has 2 atom stereocenters. The number of rotatable bonds is 2. The Bertz CT molecular complexity index is 434. The highest BCUT2D eigenvalue weighted by molar-refractivity contribution is 5.41. The Labute approximate surface area is 123 Å². The number of hydrogen-bond acceptors (Lipinski definition) is 3. The van der Waals surface area contributed by atoms with Gasteiger partial charge in [0.1, 0.15) is 5.82 Å².